The van der Waals surface area contributed by atoms with Gasteiger partial charge < -0.3 is 28.8 Å². The number of aliphatic carboxylic acids is 1. The lowest BCUT2D eigenvalue weighted by molar-refractivity contribution is -0.280. The molecule has 0 aliphatic carbocycles. The Bertz CT molecular complexity index is 473. The highest BCUT2D eigenvalue weighted by molar-refractivity contribution is 5.69. The summed E-state index contributed by atoms with van der Waals surface area (Å²) < 4.78 is 25.3. The molecule has 0 amide bonds. The van der Waals surface area contributed by atoms with Gasteiger partial charge in [0.1, 0.15) is 6.61 Å². The molecule has 0 aromatic heterocycles. The summed E-state index contributed by atoms with van der Waals surface area (Å²) in [7, 11) is 0. The summed E-state index contributed by atoms with van der Waals surface area (Å²) in [6, 6.07) is 0. The van der Waals surface area contributed by atoms with Gasteiger partial charge in [-0.3, -0.25) is 14.4 Å². The van der Waals surface area contributed by atoms with Gasteiger partial charge in [0.2, 0.25) is 0 Å². The monoisotopic (exact) mass is 334 g/mol. The van der Waals surface area contributed by atoms with E-state index in [2.05, 4.69) is 0 Å². The normalized spacial score (nSPS) is 26.9. The summed E-state index contributed by atoms with van der Waals surface area (Å²) in [5, 5.41) is 8.65. The molecule has 0 unspecified atom stereocenters. The molecule has 23 heavy (non-hydrogen) atoms. The van der Waals surface area contributed by atoms with Crippen molar-refractivity contribution in [3.8, 4) is 0 Å². The number of rotatable bonds is 6. The second kappa shape index (κ2) is 8.44. The van der Waals surface area contributed by atoms with E-state index in [1.165, 1.54) is 0 Å². The topological polar surface area (TPSA) is 135 Å². The van der Waals surface area contributed by atoms with Crippen LogP contribution in [0.5, 0.6) is 0 Å². The number of carboxylic acids is 1. The highest BCUT2D eigenvalue weighted by Gasteiger charge is 2.47. The molecule has 130 valence electrons. The quantitative estimate of drug-likeness (QED) is 0.487. The molecular weight excluding hydrogens is 316 g/mol. The first-order chi connectivity index (χ1) is 10.7. The van der Waals surface area contributed by atoms with Crippen molar-refractivity contribution < 1.29 is 48.0 Å². The Morgan fingerprint density at radius 2 is 1.48 bits per heavy atom. The molecule has 1 heterocycles. The SMILES string of the molecule is CC(=O)O[C@@H]1[C@@H](OC(C)=O)[C@H](OCC(=O)O)OC[C@@H]1OC(C)=O. The van der Waals surface area contributed by atoms with Crippen molar-refractivity contribution in [2.75, 3.05) is 13.2 Å². The lowest BCUT2D eigenvalue weighted by Crippen LogP contribution is -2.58. The smallest absolute Gasteiger partial charge is 0.329 e. The molecule has 1 N–H and O–H groups in total. The standard InChI is InChI=1S/C13H18O10/c1-6(14)21-9-4-19-13(20-5-10(17)18)12(23-8(3)16)11(9)22-7(2)15/h9,11-13H,4-5H2,1-3H3,(H,17,18)/t9-,11-,12+,13-/m0/s1. The van der Waals surface area contributed by atoms with E-state index in [0.29, 0.717) is 0 Å². The number of esters is 3. The fourth-order valence-electron chi connectivity index (χ4n) is 2.01. The maximum Gasteiger partial charge on any atom is 0.329 e. The predicted molar refractivity (Wildman–Crippen MR) is 70.0 cm³/mol. The van der Waals surface area contributed by atoms with Crippen LogP contribution in [0.2, 0.25) is 0 Å². The summed E-state index contributed by atoms with van der Waals surface area (Å²) in [6.07, 6.45) is -4.78. The molecule has 0 spiro atoms. The molecule has 0 bridgehead atoms. The van der Waals surface area contributed by atoms with Crippen LogP contribution in [-0.2, 0) is 42.9 Å². The fraction of sp³-hybridized carbons (Fsp3) is 0.692. The molecule has 1 aliphatic heterocycles. The zero-order chi connectivity index (χ0) is 17.6. The number of carboxylic acid groups (broad SMARTS) is 1. The number of carbonyl (C=O) groups is 4. The Balaban J connectivity index is 2.98. The van der Waals surface area contributed by atoms with Crippen LogP contribution in [0.15, 0.2) is 0 Å². The molecule has 0 saturated carbocycles. The fourth-order valence-corrected chi connectivity index (χ4v) is 2.01. The highest BCUT2D eigenvalue weighted by Crippen LogP contribution is 2.25. The van der Waals surface area contributed by atoms with Gasteiger partial charge in [0.15, 0.2) is 24.6 Å². The summed E-state index contributed by atoms with van der Waals surface area (Å²) in [5.41, 5.74) is 0. The third-order valence-electron chi connectivity index (χ3n) is 2.68. The van der Waals surface area contributed by atoms with E-state index in [-0.39, 0.29) is 6.61 Å². The Kier molecular flexibility index (Phi) is 6.91. The van der Waals surface area contributed by atoms with Gasteiger partial charge in [-0.25, -0.2) is 4.79 Å². The van der Waals surface area contributed by atoms with Crippen LogP contribution in [0, 0.1) is 0 Å². The summed E-state index contributed by atoms with van der Waals surface area (Å²) in [6.45, 7) is 2.44. The first kappa shape index (κ1) is 18.8. The van der Waals surface area contributed by atoms with Gasteiger partial charge >= 0.3 is 23.9 Å². The van der Waals surface area contributed by atoms with E-state index in [1.54, 1.807) is 0 Å². The number of ether oxygens (including phenoxy) is 5. The molecule has 10 nitrogen and oxygen atoms in total. The van der Waals surface area contributed by atoms with Gasteiger partial charge in [-0.2, -0.15) is 0 Å². The van der Waals surface area contributed by atoms with Crippen molar-refractivity contribution in [3.05, 3.63) is 0 Å². The van der Waals surface area contributed by atoms with Gasteiger partial charge in [-0.05, 0) is 0 Å². The lowest BCUT2D eigenvalue weighted by Gasteiger charge is -2.39. The highest BCUT2D eigenvalue weighted by atomic mass is 16.7. The van der Waals surface area contributed by atoms with Crippen molar-refractivity contribution >= 4 is 23.9 Å². The van der Waals surface area contributed by atoms with E-state index in [1.807, 2.05) is 0 Å². The molecule has 1 fully saturated rings. The maximum absolute atomic E-state index is 11.3. The maximum atomic E-state index is 11.3. The van der Waals surface area contributed by atoms with Crippen LogP contribution in [0.1, 0.15) is 20.8 Å². The first-order valence-corrected chi connectivity index (χ1v) is 6.67. The zero-order valence-electron chi connectivity index (χ0n) is 12.8. The van der Waals surface area contributed by atoms with Gasteiger partial charge in [0.25, 0.3) is 0 Å². The average molecular weight is 334 g/mol. The van der Waals surface area contributed by atoms with Gasteiger partial charge in [-0.1, -0.05) is 0 Å². The number of carbonyl (C=O) groups excluding carboxylic acids is 3. The van der Waals surface area contributed by atoms with Gasteiger partial charge in [0, 0.05) is 20.8 Å². The first-order valence-electron chi connectivity index (χ1n) is 6.67. The number of hydrogen-bond donors (Lipinski definition) is 1. The predicted octanol–water partition coefficient (Wildman–Crippen LogP) is -0.761. The molecule has 1 rings (SSSR count). The average Bonchev–Trinajstić information content (AvgIpc) is 2.39. The van der Waals surface area contributed by atoms with Crippen molar-refractivity contribution in [1.29, 1.82) is 0 Å². The molecule has 1 aliphatic rings. The number of hydrogen-bond acceptors (Lipinski definition) is 9. The summed E-state index contributed by atoms with van der Waals surface area (Å²) >= 11 is 0. The minimum Gasteiger partial charge on any atom is -0.480 e. The largest absolute Gasteiger partial charge is 0.480 e. The van der Waals surface area contributed by atoms with Gasteiger partial charge in [0.05, 0.1) is 6.61 Å². The van der Waals surface area contributed by atoms with Crippen LogP contribution < -0.4 is 0 Å². The third kappa shape index (κ3) is 6.20. The lowest BCUT2D eigenvalue weighted by atomic mass is 10.0. The van der Waals surface area contributed by atoms with E-state index in [4.69, 9.17) is 28.8 Å². The molecule has 1 saturated heterocycles. The second-order valence-corrected chi connectivity index (χ2v) is 4.70. The molecule has 10 heteroatoms. The van der Waals surface area contributed by atoms with Crippen LogP contribution in [0.3, 0.4) is 0 Å². The summed E-state index contributed by atoms with van der Waals surface area (Å²) in [4.78, 5) is 44.3. The minimum atomic E-state index is -1.29. The van der Waals surface area contributed by atoms with Crippen LogP contribution in [-0.4, -0.2) is 66.8 Å². The van der Waals surface area contributed by atoms with E-state index in [9.17, 15) is 19.2 Å². The van der Waals surface area contributed by atoms with E-state index in [0.717, 1.165) is 20.8 Å². The Labute approximate surface area is 131 Å². The zero-order valence-corrected chi connectivity index (χ0v) is 12.8. The Morgan fingerprint density at radius 1 is 0.957 bits per heavy atom. The van der Waals surface area contributed by atoms with Crippen molar-refractivity contribution in [3.63, 3.8) is 0 Å². The second-order valence-electron chi connectivity index (χ2n) is 4.70. The van der Waals surface area contributed by atoms with Crippen molar-refractivity contribution in [2.45, 2.75) is 45.4 Å². The van der Waals surface area contributed by atoms with Crippen LogP contribution >= 0.6 is 0 Å². The van der Waals surface area contributed by atoms with Crippen LogP contribution in [0.4, 0.5) is 0 Å². The minimum absolute atomic E-state index is 0.223. The molecule has 4 atom stereocenters. The Hall–Kier alpha value is -2.20. The molecule has 0 aromatic rings. The van der Waals surface area contributed by atoms with Crippen molar-refractivity contribution in [2.24, 2.45) is 0 Å². The van der Waals surface area contributed by atoms with Gasteiger partial charge in [-0.15, -0.1) is 0 Å². The molecule has 0 radical (unpaired) electrons. The Morgan fingerprint density at radius 3 is 1.96 bits per heavy atom. The van der Waals surface area contributed by atoms with Crippen molar-refractivity contribution in [1.82, 2.24) is 0 Å². The molecule has 0 aromatic carbocycles. The molecular formula is C13H18O10. The van der Waals surface area contributed by atoms with Crippen LogP contribution in [0.25, 0.3) is 0 Å². The van der Waals surface area contributed by atoms with E-state index < -0.39 is 55.1 Å². The summed E-state index contributed by atoms with van der Waals surface area (Å²) in [5.74, 6) is -3.35. The third-order valence-corrected chi connectivity index (χ3v) is 2.68. The van der Waals surface area contributed by atoms with E-state index >= 15 is 0 Å².